The molecule has 0 saturated heterocycles. The molecule has 0 unspecified atom stereocenters. The van der Waals surface area contributed by atoms with E-state index >= 15 is 0 Å². The number of carbonyl (C=O) groups is 2. The fourth-order valence-corrected chi connectivity index (χ4v) is 2.17. The van der Waals surface area contributed by atoms with Gasteiger partial charge in [0.25, 0.3) is 0 Å². The Morgan fingerprint density at radius 2 is 1.95 bits per heavy atom. The van der Waals surface area contributed by atoms with E-state index in [2.05, 4.69) is 0 Å². The third-order valence-corrected chi connectivity index (χ3v) is 3.14. The third kappa shape index (κ3) is 2.59. The lowest BCUT2D eigenvalue weighted by molar-refractivity contribution is -0.137. The molecule has 1 heterocycles. The maximum Gasteiger partial charge on any atom is 0.352 e. The zero-order chi connectivity index (χ0) is 14.0. The monoisotopic (exact) mass is 261 g/mol. The van der Waals surface area contributed by atoms with E-state index in [1.807, 2.05) is 25.1 Å². The predicted octanol–water partition coefficient (Wildman–Crippen LogP) is 2.38. The van der Waals surface area contributed by atoms with Gasteiger partial charge in [0.1, 0.15) is 5.69 Å². The summed E-state index contributed by atoms with van der Waals surface area (Å²) in [5.41, 5.74) is 2.01. The lowest BCUT2D eigenvalue weighted by Gasteiger charge is -2.06. The first kappa shape index (κ1) is 13.1. The highest BCUT2D eigenvalue weighted by molar-refractivity contribution is 5.95. The van der Waals surface area contributed by atoms with Crippen molar-refractivity contribution in [1.29, 1.82) is 0 Å². The van der Waals surface area contributed by atoms with Gasteiger partial charge in [0.15, 0.2) is 0 Å². The molecule has 5 heteroatoms. The van der Waals surface area contributed by atoms with Crippen LogP contribution < -0.4 is 0 Å². The van der Waals surface area contributed by atoms with Gasteiger partial charge in [0.2, 0.25) is 0 Å². The molecule has 2 N–H and O–H groups in total. The van der Waals surface area contributed by atoms with Crippen LogP contribution in [0.4, 0.5) is 0 Å². The summed E-state index contributed by atoms with van der Waals surface area (Å²) >= 11 is 0. The predicted molar refractivity (Wildman–Crippen MR) is 70.5 cm³/mol. The van der Waals surface area contributed by atoms with Gasteiger partial charge in [-0.2, -0.15) is 0 Å². The van der Waals surface area contributed by atoms with Crippen LogP contribution in [0.3, 0.4) is 0 Å². The summed E-state index contributed by atoms with van der Waals surface area (Å²) in [4.78, 5) is 21.9. The topological polar surface area (TPSA) is 79.5 Å². The molecule has 5 nitrogen and oxygen atoms in total. The second kappa shape index (κ2) is 5.14. The van der Waals surface area contributed by atoms with Crippen molar-refractivity contribution in [3.8, 4) is 0 Å². The normalized spacial score (nSPS) is 10.8. The number of aryl methyl sites for hydroxylation is 2. The number of carboxylic acid groups (broad SMARTS) is 2. The maximum atomic E-state index is 11.2. The summed E-state index contributed by atoms with van der Waals surface area (Å²) in [6.45, 7) is 2.19. The lowest BCUT2D eigenvalue weighted by atomic mass is 10.1. The smallest absolute Gasteiger partial charge is 0.352 e. The molecule has 100 valence electrons. The van der Waals surface area contributed by atoms with Crippen LogP contribution >= 0.6 is 0 Å². The molecular formula is C14H15NO4. The third-order valence-electron chi connectivity index (χ3n) is 3.14. The SMILES string of the molecule is CCc1ccc2c(c1)cc(C(=O)O)n2CCC(=O)O. The summed E-state index contributed by atoms with van der Waals surface area (Å²) in [7, 11) is 0. The van der Waals surface area contributed by atoms with E-state index in [0.717, 1.165) is 22.9 Å². The first-order valence-electron chi connectivity index (χ1n) is 6.10. The Morgan fingerprint density at radius 1 is 1.21 bits per heavy atom. The summed E-state index contributed by atoms with van der Waals surface area (Å²) in [6.07, 6.45) is 0.776. The van der Waals surface area contributed by atoms with Gasteiger partial charge in [-0.1, -0.05) is 13.0 Å². The average Bonchev–Trinajstić information content (AvgIpc) is 2.73. The van der Waals surface area contributed by atoms with Crippen LogP contribution in [-0.2, 0) is 17.8 Å². The van der Waals surface area contributed by atoms with Crippen molar-refractivity contribution >= 4 is 22.8 Å². The second-order valence-corrected chi connectivity index (χ2v) is 4.38. The quantitative estimate of drug-likeness (QED) is 0.866. The maximum absolute atomic E-state index is 11.2. The molecule has 2 rings (SSSR count). The number of fused-ring (bicyclic) bond motifs is 1. The van der Waals surface area contributed by atoms with Gasteiger partial charge in [-0.15, -0.1) is 0 Å². The van der Waals surface area contributed by atoms with Crippen LogP contribution in [0.1, 0.15) is 29.4 Å². The van der Waals surface area contributed by atoms with Gasteiger partial charge in [-0.05, 0) is 30.2 Å². The van der Waals surface area contributed by atoms with Gasteiger partial charge in [0.05, 0.1) is 6.42 Å². The highest BCUT2D eigenvalue weighted by atomic mass is 16.4. The van der Waals surface area contributed by atoms with Crippen molar-refractivity contribution in [2.75, 3.05) is 0 Å². The van der Waals surface area contributed by atoms with Gasteiger partial charge in [-0.25, -0.2) is 4.79 Å². The lowest BCUT2D eigenvalue weighted by Crippen LogP contribution is -2.11. The average molecular weight is 261 g/mol. The van der Waals surface area contributed by atoms with Crippen LogP contribution in [0.15, 0.2) is 24.3 Å². The second-order valence-electron chi connectivity index (χ2n) is 4.38. The molecule has 0 bridgehead atoms. The number of rotatable bonds is 5. The van der Waals surface area contributed by atoms with E-state index in [1.54, 1.807) is 10.6 Å². The van der Waals surface area contributed by atoms with E-state index in [1.165, 1.54) is 0 Å². The zero-order valence-electron chi connectivity index (χ0n) is 10.6. The summed E-state index contributed by atoms with van der Waals surface area (Å²) in [5, 5.41) is 18.8. The Morgan fingerprint density at radius 3 is 2.53 bits per heavy atom. The summed E-state index contributed by atoms with van der Waals surface area (Å²) in [5.74, 6) is -1.98. The first-order chi connectivity index (χ1) is 9.02. The molecule has 0 atom stereocenters. The minimum atomic E-state index is -1.04. The van der Waals surface area contributed by atoms with Crippen LogP contribution in [0.5, 0.6) is 0 Å². The highest BCUT2D eigenvalue weighted by Crippen LogP contribution is 2.22. The van der Waals surface area contributed by atoms with Crippen LogP contribution in [-0.4, -0.2) is 26.7 Å². The molecule has 1 aromatic heterocycles. The summed E-state index contributed by atoms with van der Waals surface area (Å²) < 4.78 is 1.55. The van der Waals surface area contributed by atoms with Crippen molar-refractivity contribution < 1.29 is 19.8 Å². The molecule has 0 radical (unpaired) electrons. The Hall–Kier alpha value is -2.30. The van der Waals surface area contributed by atoms with Crippen molar-refractivity contribution in [3.05, 3.63) is 35.5 Å². The molecule has 0 amide bonds. The van der Waals surface area contributed by atoms with Gasteiger partial charge in [0, 0.05) is 17.4 Å². The Balaban J connectivity index is 2.53. The van der Waals surface area contributed by atoms with Crippen molar-refractivity contribution in [3.63, 3.8) is 0 Å². The minimum Gasteiger partial charge on any atom is -0.481 e. The molecule has 0 saturated carbocycles. The Bertz CT molecular complexity index is 642. The highest BCUT2D eigenvalue weighted by Gasteiger charge is 2.15. The standard InChI is InChI=1S/C14H15NO4/c1-2-9-3-4-11-10(7-9)8-12(14(18)19)15(11)6-5-13(16)17/h3-4,7-8H,2,5-6H2,1H3,(H,16,17)(H,18,19). The molecule has 0 aliphatic heterocycles. The van der Waals surface area contributed by atoms with E-state index in [-0.39, 0.29) is 18.7 Å². The number of hydrogen-bond donors (Lipinski definition) is 2. The molecule has 0 aliphatic rings. The Labute approximate surface area is 110 Å². The zero-order valence-corrected chi connectivity index (χ0v) is 10.6. The fraction of sp³-hybridized carbons (Fsp3) is 0.286. The molecule has 19 heavy (non-hydrogen) atoms. The van der Waals surface area contributed by atoms with E-state index in [0.29, 0.717) is 0 Å². The fourth-order valence-electron chi connectivity index (χ4n) is 2.17. The molecule has 0 aliphatic carbocycles. The molecular weight excluding hydrogens is 246 g/mol. The number of hydrogen-bond acceptors (Lipinski definition) is 2. The van der Waals surface area contributed by atoms with E-state index in [9.17, 15) is 14.7 Å². The number of aliphatic carboxylic acids is 1. The summed E-state index contributed by atoms with van der Waals surface area (Å²) in [6, 6.07) is 7.32. The number of nitrogens with zero attached hydrogens (tertiary/aromatic N) is 1. The van der Waals surface area contributed by atoms with Crippen LogP contribution in [0, 0.1) is 0 Å². The van der Waals surface area contributed by atoms with Crippen LogP contribution in [0.25, 0.3) is 10.9 Å². The molecule has 0 fully saturated rings. The van der Waals surface area contributed by atoms with Gasteiger partial charge in [-0.3, -0.25) is 4.79 Å². The largest absolute Gasteiger partial charge is 0.481 e. The van der Waals surface area contributed by atoms with Crippen molar-refractivity contribution in [2.24, 2.45) is 0 Å². The van der Waals surface area contributed by atoms with Crippen LogP contribution in [0.2, 0.25) is 0 Å². The molecule has 1 aromatic carbocycles. The van der Waals surface area contributed by atoms with Crippen molar-refractivity contribution in [2.45, 2.75) is 26.3 Å². The van der Waals surface area contributed by atoms with Crippen molar-refractivity contribution in [1.82, 2.24) is 4.57 Å². The molecule has 2 aromatic rings. The Kier molecular flexibility index (Phi) is 3.55. The number of aromatic carboxylic acids is 1. The number of carboxylic acids is 2. The number of benzene rings is 1. The van der Waals surface area contributed by atoms with Gasteiger partial charge < -0.3 is 14.8 Å². The van der Waals surface area contributed by atoms with E-state index < -0.39 is 11.9 Å². The van der Waals surface area contributed by atoms with Gasteiger partial charge >= 0.3 is 11.9 Å². The van der Waals surface area contributed by atoms with E-state index in [4.69, 9.17) is 5.11 Å². The minimum absolute atomic E-state index is 0.0976. The molecule has 0 spiro atoms. The number of aromatic nitrogens is 1. The first-order valence-corrected chi connectivity index (χ1v) is 6.10.